The summed E-state index contributed by atoms with van der Waals surface area (Å²) < 4.78 is 0. The molecule has 7 nitrogen and oxygen atoms in total. The van der Waals surface area contributed by atoms with Crippen LogP contribution in [0.5, 0.6) is 0 Å². The van der Waals surface area contributed by atoms with Crippen LogP contribution in [-0.2, 0) is 17.6 Å². The molecule has 5 heterocycles. The van der Waals surface area contributed by atoms with Crippen molar-refractivity contribution in [2.45, 2.75) is 44.1 Å². The first kappa shape index (κ1) is 18.3. The van der Waals surface area contributed by atoms with Crippen LogP contribution >= 0.6 is 22.7 Å². The number of imide groups is 1. The maximum absolute atomic E-state index is 12.6. The van der Waals surface area contributed by atoms with Gasteiger partial charge in [0.1, 0.15) is 16.2 Å². The topological polar surface area (TPSA) is 87.2 Å². The summed E-state index contributed by atoms with van der Waals surface area (Å²) >= 11 is 3.42. The lowest BCUT2D eigenvalue weighted by atomic mass is 9.89. The molecule has 3 amide bonds. The van der Waals surface area contributed by atoms with Crippen molar-refractivity contribution in [3.8, 4) is 11.4 Å². The molecule has 1 spiro atoms. The summed E-state index contributed by atoms with van der Waals surface area (Å²) in [4.78, 5) is 39.1. The van der Waals surface area contributed by atoms with Crippen molar-refractivity contribution in [3.05, 3.63) is 27.3 Å². The van der Waals surface area contributed by atoms with Gasteiger partial charge in [-0.05, 0) is 55.5 Å². The molecule has 3 aliphatic rings. The lowest BCUT2D eigenvalue weighted by Gasteiger charge is -2.39. The molecule has 9 heteroatoms. The number of carbonyl (C=O) groups excluding carboxylic acids is 2. The Balaban J connectivity index is 1.51. The van der Waals surface area contributed by atoms with Gasteiger partial charge in [0, 0.05) is 22.4 Å². The maximum atomic E-state index is 12.6. The first-order valence-electron chi connectivity index (χ1n) is 10.4. The summed E-state index contributed by atoms with van der Waals surface area (Å²) in [5.41, 5.74) is 1.53. The highest BCUT2D eigenvalue weighted by molar-refractivity contribution is 7.19. The fraction of sp³-hybridized carbons (Fsp3) is 0.429. The number of anilines is 1. The Kier molecular flexibility index (Phi) is 4.11. The quantitative estimate of drug-likeness (QED) is 0.597. The summed E-state index contributed by atoms with van der Waals surface area (Å²) in [5.74, 6) is 1.42. The van der Waals surface area contributed by atoms with E-state index in [-0.39, 0.29) is 5.91 Å². The molecule has 2 N–H and O–H groups in total. The zero-order valence-electron chi connectivity index (χ0n) is 16.4. The SMILES string of the molecule is O=C1NC(=O)C2(CCCN(c3nc(-c4ccsc4)nc4sc5c(c34)CCCC5)C2)N1. The molecule has 0 bridgehead atoms. The van der Waals surface area contributed by atoms with Gasteiger partial charge in [0.25, 0.3) is 5.91 Å². The highest BCUT2D eigenvalue weighted by Gasteiger charge is 2.49. The van der Waals surface area contributed by atoms with Crippen molar-refractivity contribution in [1.29, 1.82) is 0 Å². The van der Waals surface area contributed by atoms with Gasteiger partial charge in [-0.15, -0.1) is 11.3 Å². The Hall–Kier alpha value is -2.52. The molecule has 0 radical (unpaired) electrons. The second-order valence-electron chi connectivity index (χ2n) is 8.29. The van der Waals surface area contributed by atoms with Crippen LogP contribution in [0.25, 0.3) is 21.6 Å². The van der Waals surface area contributed by atoms with E-state index < -0.39 is 11.6 Å². The van der Waals surface area contributed by atoms with Crippen molar-refractivity contribution in [3.63, 3.8) is 0 Å². The number of aryl methyl sites for hydroxylation is 2. The predicted octanol–water partition coefficient (Wildman–Crippen LogP) is 3.48. The van der Waals surface area contributed by atoms with Gasteiger partial charge in [-0.25, -0.2) is 14.8 Å². The third kappa shape index (κ3) is 2.75. The van der Waals surface area contributed by atoms with Crippen LogP contribution < -0.4 is 15.5 Å². The van der Waals surface area contributed by atoms with Crippen LogP contribution in [0.3, 0.4) is 0 Å². The van der Waals surface area contributed by atoms with Crippen LogP contribution in [0.1, 0.15) is 36.1 Å². The van der Waals surface area contributed by atoms with E-state index in [0.29, 0.717) is 13.0 Å². The standard InChI is InChI=1S/C21H21N5O2S2/c27-19-21(25-20(28)24-19)7-3-8-26(11-21)17-15-13-4-1-2-5-14(13)30-18(15)23-16(22-17)12-6-9-29-10-12/h6,9-10H,1-5,7-8,11H2,(H2,24,25,27,28). The maximum Gasteiger partial charge on any atom is 0.322 e. The molecule has 1 unspecified atom stereocenters. The van der Waals surface area contributed by atoms with Gasteiger partial charge in [-0.3, -0.25) is 10.1 Å². The van der Waals surface area contributed by atoms with Crippen LogP contribution in [-0.4, -0.2) is 40.5 Å². The van der Waals surface area contributed by atoms with Crippen molar-refractivity contribution in [2.24, 2.45) is 0 Å². The largest absolute Gasteiger partial charge is 0.353 e. The Morgan fingerprint density at radius 2 is 2.03 bits per heavy atom. The number of fused-ring (bicyclic) bond motifs is 3. The van der Waals surface area contributed by atoms with Crippen molar-refractivity contribution in [1.82, 2.24) is 20.6 Å². The minimum absolute atomic E-state index is 0.229. The fourth-order valence-corrected chi connectivity index (χ4v) is 6.83. The molecule has 3 aromatic heterocycles. The molecule has 0 aromatic carbocycles. The van der Waals surface area contributed by atoms with E-state index in [4.69, 9.17) is 9.97 Å². The number of aromatic nitrogens is 2. The monoisotopic (exact) mass is 439 g/mol. The predicted molar refractivity (Wildman–Crippen MR) is 118 cm³/mol. The van der Waals surface area contributed by atoms with Gasteiger partial charge >= 0.3 is 6.03 Å². The van der Waals surface area contributed by atoms with Gasteiger partial charge < -0.3 is 10.2 Å². The smallest absolute Gasteiger partial charge is 0.322 e. The fourth-order valence-electron chi connectivity index (χ4n) is 4.94. The highest BCUT2D eigenvalue weighted by atomic mass is 32.1. The summed E-state index contributed by atoms with van der Waals surface area (Å²) in [6, 6.07) is 1.65. The summed E-state index contributed by atoms with van der Waals surface area (Å²) in [7, 11) is 0. The van der Waals surface area contributed by atoms with Crippen LogP contribution in [0.2, 0.25) is 0 Å². The van der Waals surface area contributed by atoms with Crippen molar-refractivity contribution >= 4 is 50.6 Å². The molecular weight excluding hydrogens is 418 g/mol. The second-order valence-corrected chi connectivity index (χ2v) is 10.2. The van der Waals surface area contributed by atoms with E-state index in [1.165, 1.54) is 23.3 Å². The highest BCUT2D eigenvalue weighted by Crippen LogP contribution is 2.42. The van der Waals surface area contributed by atoms with E-state index >= 15 is 0 Å². The first-order chi connectivity index (χ1) is 14.6. The van der Waals surface area contributed by atoms with Crippen LogP contribution in [0.15, 0.2) is 16.8 Å². The lowest BCUT2D eigenvalue weighted by molar-refractivity contribution is -0.124. The number of hydrogen-bond acceptors (Lipinski definition) is 7. The van der Waals surface area contributed by atoms with Gasteiger partial charge in [0.15, 0.2) is 5.82 Å². The molecule has 6 rings (SSSR count). The molecular formula is C21H21N5O2S2. The van der Waals surface area contributed by atoms with Crippen LogP contribution in [0.4, 0.5) is 10.6 Å². The molecule has 1 aliphatic carbocycles. The summed E-state index contributed by atoms with van der Waals surface area (Å²) in [6.45, 7) is 1.25. The van der Waals surface area contributed by atoms with Gasteiger partial charge in [0.2, 0.25) is 0 Å². The van der Waals surface area contributed by atoms with E-state index in [0.717, 1.165) is 53.2 Å². The molecule has 1 atom stereocenters. The number of thiophene rings is 2. The molecule has 154 valence electrons. The second kappa shape index (κ2) is 6.75. The van der Waals surface area contributed by atoms with E-state index in [1.807, 2.05) is 11.4 Å². The Labute approximate surface area is 181 Å². The minimum Gasteiger partial charge on any atom is -0.353 e. The summed E-state index contributed by atoms with van der Waals surface area (Å²) in [6.07, 6.45) is 6.03. The average Bonchev–Trinajstić information content (AvgIpc) is 3.46. The van der Waals surface area contributed by atoms with E-state index in [2.05, 4.69) is 20.9 Å². The Bertz CT molecular complexity index is 1170. The zero-order chi connectivity index (χ0) is 20.3. The van der Waals surface area contributed by atoms with Crippen molar-refractivity contribution in [2.75, 3.05) is 18.0 Å². The first-order valence-corrected chi connectivity index (χ1v) is 12.1. The van der Waals surface area contributed by atoms with Crippen molar-refractivity contribution < 1.29 is 9.59 Å². The van der Waals surface area contributed by atoms with Gasteiger partial charge in [0.05, 0.1) is 11.9 Å². The molecule has 0 saturated carbocycles. The lowest BCUT2D eigenvalue weighted by Crippen LogP contribution is -2.58. The number of urea groups is 1. The van der Waals surface area contributed by atoms with Gasteiger partial charge in [-0.2, -0.15) is 11.3 Å². The molecule has 3 aromatic rings. The third-order valence-corrected chi connectivity index (χ3v) is 8.25. The zero-order valence-corrected chi connectivity index (χ0v) is 18.0. The number of nitrogens with one attached hydrogen (secondary N) is 2. The average molecular weight is 440 g/mol. The number of carbonyl (C=O) groups is 2. The normalized spacial score (nSPS) is 23.7. The number of hydrogen-bond donors (Lipinski definition) is 2. The number of nitrogens with zero attached hydrogens (tertiary/aromatic N) is 3. The third-order valence-electron chi connectivity index (χ3n) is 6.38. The van der Waals surface area contributed by atoms with Gasteiger partial charge in [-0.1, -0.05) is 0 Å². The Morgan fingerprint density at radius 1 is 1.13 bits per heavy atom. The molecule has 2 aliphatic heterocycles. The Morgan fingerprint density at radius 3 is 2.83 bits per heavy atom. The molecule has 30 heavy (non-hydrogen) atoms. The number of rotatable bonds is 2. The molecule has 2 fully saturated rings. The molecule has 2 saturated heterocycles. The number of amides is 3. The van der Waals surface area contributed by atoms with E-state index in [9.17, 15) is 9.59 Å². The summed E-state index contributed by atoms with van der Waals surface area (Å²) in [5, 5.41) is 10.6. The van der Waals surface area contributed by atoms with E-state index in [1.54, 1.807) is 22.7 Å². The van der Waals surface area contributed by atoms with Crippen LogP contribution in [0, 0.1) is 0 Å². The number of piperidine rings is 1. The minimum atomic E-state index is -0.870.